The predicted octanol–water partition coefficient (Wildman–Crippen LogP) is 3.42. The molecule has 0 radical (unpaired) electrons. The van der Waals surface area contributed by atoms with E-state index >= 15 is 0 Å². The highest BCUT2D eigenvalue weighted by atomic mass is 35.5. The number of anilines is 1. The second-order valence-corrected chi connectivity index (χ2v) is 13.4. The van der Waals surface area contributed by atoms with Gasteiger partial charge in [0.15, 0.2) is 0 Å². The highest BCUT2D eigenvalue weighted by molar-refractivity contribution is 7.89. The normalized spacial score (nSPS) is 16.8. The van der Waals surface area contributed by atoms with E-state index in [9.17, 15) is 27.9 Å². The van der Waals surface area contributed by atoms with Gasteiger partial charge in [0.1, 0.15) is 25.1 Å². The molecule has 2 heterocycles. The molecule has 1 fully saturated rings. The average molecular weight is 688 g/mol. The number of benzene rings is 2. The molecule has 15 heteroatoms. The Kier molecular flexibility index (Phi) is 12.2. The third-order valence-electron chi connectivity index (χ3n) is 7.49. The molecule has 13 nitrogen and oxygen atoms in total. The summed E-state index contributed by atoms with van der Waals surface area (Å²) in [5.41, 5.74) is 2.59. The lowest BCUT2D eigenvalue weighted by Crippen LogP contribution is -2.49. The molecular weight excluding hydrogens is 650 g/mol. The van der Waals surface area contributed by atoms with Crippen LogP contribution in [0.25, 0.3) is 0 Å². The summed E-state index contributed by atoms with van der Waals surface area (Å²) in [5, 5.41) is 15.9. The molecule has 4 rings (SSSR count). The summed E-state index contributed by atoms with van der Waals surface area (Å²) in [4.78, 5) is 43.4. The molecule has 1 aliphatic heterocycles. The van der Waals surface area contributed by atoms with E-state index in [-0.39, 0.29) is 24.1 Å². The molecule has 2 amide bonds. The molecule has 3 aromatic rings. The van der Waals surface area contributed by atoms with Crippen molar-refractivity contribution in [3.63, 3.8) is 0 Å². The first-order valence-corrected chi connectivity index (χ1v) is 16.7. The molecule has 252 valence electrons. The standard InChI is InChI=1S/C32H38ClN5O8S/c1-20-12-21(2)30(22(3)13-20)47(43,44)37-27(31(40)41)16-36-29(39)19-45-26-14-25(15-35-28-6-4-5-11-34-28)38(17-26)32(42)46-18-23-7-9-24(33)10-8-23/h4-13,25-27,37H,14-19H2,1-3H3,(H,34,35)(H,36,39)(H,40,41). The van der Waals surface area contributed by atoms with Gasteiger partial charge in [-0.3, -0.25) is 9.59 Å². The maximum absolute atomic E-state index is 13.1. The Hall–Kier alpha value is -4.24. The predicted molar refractivity (Wildman–Crippen MR) is 175 cm³/mol. The molecule has 47 heavy (non-hydrogen) atoms. The number of carbonyl (C=O) groups excluding carboxylic acids is 2. The van der Waals surface area contributed by atoms with Gasteiger partial charge in [-0.05, 0) is 68.1 Å². The zero-order valence-electron chi connectivity index (χ0n) is 26.2. The molecule has 3 unspecified atom stereocenters. The molecule has 0 saturated carbocycles. The number of carboxylic acids is 1. The van der Waals surface area contributed by atoms with E-state index in [1.165, 1.54) is 4.90 Å². The number of carboxylic acid groups (broad SMARTS) is 1. The summed E-state index contributed by atoms with van der Waals surface area (Å²) in [6, 6.07) is 13.8. The average Bonchev–Trinajstić information content (AvgIpc) is 3.43. The molecule has 4 N–H and O–H groups in total. The van der Waals surface area contributed by atoms with Crippen LogP contribution in [0.15, 0.2) is 65.7 Å². The van der Waals surface area contributed by atoms with Gasteiger partial charge in [-0.15, -0.1) is 0 Å². The molecule has 2 aromatic carbocycles. The van der Waals surface area contributed by atoms with Crippen molar-refractivity contribution < 1.29 is 37.4 Å². The zero-order chi connectivity index (χ0) is 34.1. The van der Waals surface area contributed by atoms with Crippen LogP contribution in [0.3, 0.4) is 0 Å². The van der Waals surface area contributed by atoms with E-state index in [1.807, 2.05) is 13.0 Å². The SMILES string of the molecule is Cc1cc(C)c(S(=O)(=O)NC(CNC(=O)COC2CC(CNc3ccccn3)N(C(=O)OCc3ccc(Cl)cc3)C2)C(=O)O)c(C)c1. The second kappa shape index (κ2) is 16.0. The fraction of sp³-hybridized carbons (Fsp3) is 0.375. The third-order valence-corrected chi connectivity index (χ3v) is 9.52. The number of ether oxygens (including phenoxy) is 2. The van der Waals surface area contributed by atoms with Crippen molar-refractivity contribution in [3.8, 4) is 0 Å². The van der Waals surface area contributed by atoms with Crippen molar-refractivity contribution in [1.29, 1.82) is 0 Å². The van der Waals surface area contributed by atoms with E-state index in [0.29, 0.717) is 34.9 Å². The maximum Gasteiger partial charge on any atom is 0.410 e. The minimum Gasteiger partial charge on any atom is -0.480 e. The fourth-order valence-corrected chi connectivity index (χ4v) is 7.15. The number of nitrogens with zero attached hydrogens (tertiary/aromatic N) is 2. The van der Waals surface area contributed by atoms with Gasteiger partial charge in [-0.2, -0.15) is 4.72 Å². The number of aryl methyl sites for hydroxylation is 3. The van der Waals surface area contributed by atoms with Crippen molar-refractivity contribution in [3.05, 3.63) is 88.1 Å². The number of aliphatic carboxylic acids is 1. The van der Waals surface area contributed by atoms with Crippen LogP contribution >= 0.6 is 11.6 Å². The number of rotatable bonds is 14. The zero-order valence-corrected chi connectivity index (χ0v) is 27.8. The summed E-state index contributed by atoms with van der Waals surface area (Å²) < 4.78 is 39.7. The van der Waals surface area contributed by atoms with Crippen molar-refractivity contribution in [2.24, 2.45) is 0 Å². The molecule has 3 atom stereocenters. The lowest BCUT2D eigenvalue weighted by atomic mass is 10.1. The van der Waals surface area contributed by atoms with Crippen LogP contribution in [0.5, 0.6) is 0 Å². The number of hydrogen-bond donors (Lipinski definition) is 4. The summed E-state index contributed by atoms with van der Waals surface area (Å²) >= 11 is 5.94. The van der Waals surface area contributed by atoms with Gasteiger partial charge in [0, 0.05) is 24.3 Å². The highest BCUT2D eigenvalue weighted by Crippen LogP contribution is 2.24. The molecular formula is C32H38ClN5O8S. The highest BCUT2D eigenvalue weighted by Gasteiger charge is 2.37. The Balaban J connectivity index is 1.33. The summed E-state index contributed by atoms with van der Waals surface area (Å²) in [6.45, 7) is 4.68. The first-order chi connectivity index (χ1) is 22.3. The molecule has 0 aliphatic carbocycles. The smallest absolute Gasteiger partial charge is 0.410 e. The number of amides is 2. The Morgan fingerprint density at radius 2 is 1.79 bits per heavy atom. The van der Waals surface area contributed by atoms with E-state index in [1.54, 1.807) is 68.6 Å². The lowest BCUT2D eigenvalue weighted by molar-refractivity contribution is -0.139. The largest absolute Gasteiger partial charge is 0.480 e. The van der Waals surface area contributed by atoms with Crippen LogP contribution in [0.2, 0.25) is 5.02 Å². The number of carbonyl (C=O) groups is 3. The second-order valence-electron chi connectivity index (χ2n) is 11.3. The molecule has 1 aliphatic rings. The molecule has 1 saturated heterocycles. The van der Waals surface area contributed by atoms with E-state index < -0.39 is 53.3 Å². The topological polar surface area (TPSA) is 176 Å². The van der Waals surface area contributed by atoms with Crippen LogP contribution in [0, 0.1) is 20.8 Å². The Morgan fingerprint density at radius 3 is 2.43 bits per heavy atom. The summed E-state index contributed by atoms with van der Waals surface area (Å²) in [7, 11) is -4.21. The summed E-state index contributed by atoms with van der Waals surface area (Å²) in [6.07, 6.45) is 0.944. The van der Waals surface area contributed by atoms with Crippen LogP contribution in [-0.4, -0.2) is 85.8 Å². The molecule has 0 spiro atoms. The monoisotopic (exact) mass is 687 g/mol. The third kappa shape index (κ3) is 10.1. The van der Waals surface area contributed by atoms with Crippen LogP contribution in [-0.2, 0) is 35.7 Å². The number of likely N-dealkylation sites (tertiary alicyclic amines) is 1. The van der Waals surface area contributed by atoms with Crippen LogP contribution < -0.4 is 15.4 Å². The van der Waals surface area contributed by atoms with Crippen molar-refractivity contribution in [2.75, 3.05) is 31.6 Å². The first-order valence-electron chi connectivity index (χ1n) is 14.9. The number of halogens is 1. The van der Waals surface area contributed by atoms with Crippen LogP contribution in [0.4, 0.5) is 10.6 Å². The van der Waals surface area contributed by atoms with Gasteiger partial charge in [-0.1, -0.05) is 47.5 Å². The number of sulfonamides is 1. The minimum atomic E-state index is -4.21. The van der Waals surface area contributed by atoms with Crippen molar-refractivity contribution in [2.45, 2.75) is 56.9 Å². The number of nitrogens with one attached hydrogen (secondary N) is 3. The fourth-order valence-electron chi connectivity index (χ4n) is 5.39. The maximum atomic E-state index is 13.1. The Morgan fingerprint density at radius 1 is 1.09 bits per heavy atom. The van der Waals surface area contributed by atoms with Crippen molar-refractivity contribution >= 4 is 45.4 Å². The van der Waals surface area contributed by atoms with Crippen molar-refractivity contribution in [1.82, 2.24) is 19.9 Å². The number of hydrogen-bond acceptors (Lipinski definition) is 9. The van der Waals surface area contributed by atoms with Gasteiger partial charge < -0.3 is 30.1 Å². The van der Waals surface area contributed by atoms with Crippen LogP contribution in [0.1, 0.15) is 28.7 Å². The van der Waals surface area contributed by atoms with Gasteiger partial charge in [-0.25, -0.2) is 18.2 Å². The van der Waals surface area contributed by atoms with Gasteiger partial charge in [0.25, 0.3) is 0 Å². The molecule has 0 bridgehead atoms. The molecule has 1 aromatic heterocycles. The Labute approximate surface area is 278 Å². The van der Waals surface area contributed by atoms with Gasteiger partial charge in [0.05, 0.1) is 23.6 Å². The first kappa shape index (κ1) is 35.6. The van der Waals surface area contributed by atoms with Gasteiger partial charge in [0.2, 0.25) is 15.9 Å². The van der Waals surface area contributed by atoms with E-state index in [4.69, 9.17) is 21.1 Å². The quantitative estimate of drug-likeness (QED) is 0.196. The number of pyridine rings is 1. The minimum absolute atomic E-state index is 0.00594. The number of aromatic nitrogens is 1. The Bertz CT molecular complexity index is 1650. The summed E-state index contributed by atoms with van der Waals surface area (Å²) in [5.74, 6) is -1.48. The lowest BCUT2D eigenvalue weighted by Gasteiger charge is -2.24. The van der Waals surface area contributed by atoms with E-state index in [2.05, 4.69) is 20.3 Å². The van der Waals surface area contributed by atoms with Gasteiger partial charge >= 0.3 is 12.1 Å². The van der Waals surface area contributed by atoms with E-state index in [0.717, 1.165) is 11.1 Å².